The van der Waals surface area contributed by atoms with Gasteiger partial charge in [0.2, 0.25) is 0 Å². The lowest BCUT2D eigenvalue weighted by atomic mass is 10.5. The zero-order valence-corrected chi connectivity index (χ0v) is 6.11. The predicted molar refractivity (Wildman–Crippen MR) is 35.6 cm³/mol. The van der Waals surface area contributed by atoms with E-state index in [4.69, 9.17) is 5.26 Å². The van der Waals surface area contributed by atoms with Crippen molar-refractivity contribution < 1.29 is 9.78 Å². The van der Waals surface area contributed by atoms with Gasteiger partial charge in [-0.3, -0.25) is 0 Å². The fourth-order valence-electron chi connectivity index (χ4n) is 0.228. The van der Waals surface area contributed by atoms with Gasteiger partial charge in [-0.1, -0.05) is 0 Å². The highest BCUT2D eigenvalue weighted by atomic mass is 32.2. The van der Waals surface area contributed by atoms with Crippen molar-refractivity contribution in [2.75, 3.05) is 18.8 Å². The molecule has 52 valence electrons. The zero-order chi connectivity index (χ0) is 6.95. The summed E-state index contributed by atoms with van der Waals surface area (Å²) in [6.45, 7) is 0.358. The maximum atomic E-state index is 8.03. The Morgan fingerprint density at radius 2 is 2.33 bits per heavy atom. The lowest BCUT2D eigenvalue weighted by Gasteiger charge is -1.96. The first-order valence-corrected chi connectivity index (χ1v) is 3.91. The fraction of sp³-hybridized carbons (Fsp3) is 0.800. The van der Waals surface area contributed by atoms with Crippen molar-refractivity contribution in [3.63, 3.8) is 0 Å². The van der Waals surface area contributed by atoms with Gasteiger partial charge in [0.05, 0.1) is 19.1 Å². The predicted octanol–water partition coefficient (Wildman–Crippen LogP) is 1.17. The molecule has 0 aliphatic carbocycles. The quantitative estimate of drug-likeness (QED) is 0.253. The lowest BCUT2D eigenvalue weighted by Crippen LogP contribution is -1.94. The molecule has 0 bridgehead atoms. The second-order valence-corrected chi connectivity index (χ2v) is 2.07. The molecule has 0 heterocycles. The van der Waals surface area contributed by atoms with Crippen LogP contribution in [0.2, 0.25) is 0 Å². The van der Waals surface area contributed by atoms with Gasteiger partial charge in [0.25, 0.3) is 0 Å². The first kappa shape index (κ1) is 8.76. The van der Waals surface area contributed by atoms with Gasteiger partial charge in [0.1, 0.15) is 5.94 Å². The van der Waals surface area contributed by atoms with Crippen LogP contribution in [0, 0.1) is 11.3 Å². The molecule has 9 heavy (non-hydrogen) atoms. The number of nitriles is 1. The Labute approximate surface area is 58.9 Å². The van der Waals surface area contributed by atoms with Crippen LogP contribution in [0.1, 0.15) is 6.42 Å². The minimum Gasteiger partial charge on any atom is -0.235 e. The number of thioether (sulfide) groups is 1. The minimum absolute atomic E-state index is 0.358. The number of nitrogens with zero attached hydrogens (tertiary/aromatic N) is 1. The molecule has 0 unspecified atom stereocenters. The minimum atomic E-state index is 0.358. The molecule has 3 nitrogen and oxygen atoms in total. The van der Waals surface area contributed by atoms with Gasteiger partial charge in [0.15, 0.2) is 0 Å². The van der Waals surface area contributed by atoms with Crippen LogP contribution in [0.3, 0.4) is 0 Å². The third-order valence-corrected chi connectivity index (χ3v) is 0.878. The standard InChI is InChI=1S/C5H9NO2S/c1-9-5-8-7-4-2-3-6/h2,4-5H2,1H3. The summed E-state index contributed by atoms with van der Waals surface area (Å²) in [7, 11) is 0. The Morgan fingerprint density at radius 3 is 2.89 bits per heavy atom. The van der Waals surface area contributed by atoms with Crippen molar-refractivity contribution in [1.29, 1.82) is 5.26 Å². The van der Waals surface area contributed by atoms with Crippen molar-refractivity contribution >= 4 is 11.8 Å². The summed E-state index contributed by atoms with van der Waals surface area (Å²) in [5.74, 6) is 0.519. The molecule has 0 amide bonds. The van der Waals surface area contributed by atoms with Gasteiger partial charge >= 0.3 is 0 Å². The molecule has 0 aromatic carbocycles. The second kappa shape index (κ2) is 7.76. The normalized spacial score (nSPS) is 8.89. The maximum absolute atomic E-state index is 8.03. The SMILES string of the molecule is CSCOOCCC#N. The van der Waals surface area contributed by atoms with Gasteiger partial charge in [-0.2, -0.15) is 5.26 Å². The molecule has 0 aromatic heterocycles. The van der Waals surface area contributed by atoms with E-state index < -0.39 is 0 Å². The summed E-state index contributed by atoms with van der Waals surface area (Å²) in [6.07, 6.45) is 2.29. The molecule has 0 fully saturated rings. The van der Waals surface area contributed by atoms with E-state index in [2.05, 4.69) is 9.78 Å². The summed E-state index contributed by atoms with van der Waals surface area (Å²) in [4.78, 5) is 9.17. The number of hydrogen-bond acceptors (Lipinski definition) is 4. The fourth-order valence-corrected chi connectivity index (χ4v) is 0.393. The van der Waals surface area contributed by atoms with Crippen LogP contribution < -0.4 is 0 Å². The van der Waals surface area contributed by atoms with Crippen molar-refractivity contribution in [2.45, 2.75) is 6.42 Å². The largest absolute Gasteiger partial charge is 0.235 e. The molecule has 0 aromatic rings. The Balaban J connectivity index is 2.69. The van der Waals surface area contributed by atoms with E-state index in [1.54, 1.807) is 0 Å². The Kier molecular flexibility index (Phi) is 7.55. The van der Waals surface area contributed by atoms with Gasteiger partial charge in [0, 0.05) is 0 Å². The molecule has 0 spiro atoms. The highest BCUT2D eigenvalue weighted by Crippen LogP contribution is 1.92. The van der Waals surface area contributed by atoms with E-state index in [1.807, 2.05) is 12.3 Å². The van der Waals surface area contributed by atoms with Crippen molar-refractivity contribution in [2.24, 2.45) is 0 Å². The molecule has 0 N–H and O–H groups in total. The smallest absolute Gasteiger partial charge is 0.127 e. The van der Waals surface area contributed by atoms with Crippen molar-refractivity contribution in [3.05, 3.63) is 0 Å². The first-order valence-electron chi connectivity index (χ1n) is 2.52. The first-order chi connectivity index (χ1) is 4.41. The lowest BCUT2D eigenvalue weighted by molar-refractivity contribution is -0.277. The van der Waals surface area contributed by atoms with Crippen molar-refractivity contribution in [3.8, 4) is 6.07 Å². The topological polar surface area (TPSA) is 42.2 Å². The van der Waals surface area contributed by atoms with E-state index in [-0.39, 0.29) is 0 Å². The van der Waals surface area contributed by atoms with E-state index >= 15 is 0 Å². The number of rotatable bonds is 5. The molecule has 0 saturated carbocycles. The third kappa shape index (κ3) is 7.76. The van der Waals surface area contributed by atoms with E-state index in [9.17, 15) is 0 Å². The van der Waals surface area contributed by atoms with Crippen molar-refractivity contribution in [1.82, 2.24) is 0 Å². The summed E-state index contributed by atoms with van der Waals surface area (Å²) < 4.78 is 0. The molecule has 0 atom stereocenters. The summed E-state index contributed by atoms with van der Waals surface area (Å²) in [5.41, 5.74) is 0. The molecule has 0 aliphatic rings. The van der Waals surface area contributed by atoms with Gasteiger partial charge < -0.3 is 0 Å². The average Bonchev–Trinajstić information content (AvgIpc) is 1.89. The van der Waals surface area contributed by atoms with Crippen LogP contribution in [0.15, 0.2) is 0 Å². The molecular formula is C5H9NO2S. The van der Waals surface area contributed by atoms with Crippen LogP contribution in [-0.2, 0) is 9.78 Å². The van der Waals surface area contributed by atoms with Gasteiger partial charge in [-0.15, -0.1) is 11.8 Å². The van der Waals surface area contributed by atoms with E-state index in [1.165, 1.54) is 11.8 Å². The average molecular weight is 147 g/mol. The van der Waals surface area contributed by atoms with Crippen LogP contribution in [-0.4, -0.2) is 18.8 Å². The second-order valence-electron chi connectivity index (χ2n) is 1.25. The molecular weight excluding hydrogens is 138 g/mol. The third-order valence-electron chi connectivity index (χ3n) is 0.546. The highest BCUT2D eigenvalue weighted by Gasteiger charge is 1.84. The van der Waals surface area contributed by atoms with E-state index in [0.29, 0.717) is 19.0 Å². The van der Waals surface area contributed by atoms with Crippen LogP contribution in [0.5, 0.6) is 0 Å². The Bertz CT molecular complexity index is 91.4. The monoisotopic (exact) mass is 147 g/mol. The maximum Gasteiger partial charge on any atom is 0.127 e. The Hall–Kier alpha value is -0.240. The van der Waals surface area contributed by atoms with Gasteiger partial charge in [-0.25, -0.2) is 9.78 Å². The zero-order valence-electron chi connectivity index (χ0n) is 5.29. The Morgan fingerprint density at radius 1 is 1.56 bits per heavy atom. The number of hydrogen-bond donors (Lipinski definition) is 0. The molecule has 0 saturated heterocycles. The van der Waals surface area contributed by atoms with Crippen LogP contribution in [0.4, 0.5) is 0 Å². The molecule has 0 radical (unpaired) electrons. The van der Waals surface area contributed by atoms with Crippen LogP contribution in [0.25, 0.3) is 0 Å². The molecule has 0 rings (SSSR count). The molecule has 0 aliphatic heterocycles. The molecule has 4 heteroatoms. The van der Waals surface area contributed by atoms with Crippen LogP contribution >= 0.6 is 11.8 Å². The van der Waals surface area contributed by atoms with Gasteiger partial charge in [-0.05, 0) is 6.26 Å². The summed E-state index contributed by atoms with van der Waals surface area (Å²) in [5, 5.41) is 8.03. The highest BCUT2D eigenvalue weighted by molar-refractivity contribution is 7.98. The van der Waals surface area contributed by atoms with E-state index in [0.717, 1.165) is 0 Å². The summed E-state index contributed by atoms with van der Waals surface area (Å²) in [6, 6.07) is 1.93. The summed E-state index contributed by atoms with van der Waals surface area (Å²) >= 11 is 1.53.